The van der Waals surface area contributed by atoms with Crippen LogP contribution in [-0.2, 0) is 4.79 Å². The molecule has 0 aliphatic heterocycles. The van der Waals surface area contributed by atoms with Crippen molar-refractivity contribution in [3.05, 3.63) is 51.8 Å². The number of hydrogen-bond donors (Lipinski definition) is 2. The average Bonchev–Trinajstić information content (AvgIpc) is 2.82. The topological polar surface area (TPSA) is 114 Å². The Morgan fingerprint density at radius 2 is 2.30 bits per heavy atom. The van der Waals surface area contributed by atoms with Crippen molar-refractivity contribution in [2.75, 3.05) is 5.32 Å². The Labute approximate surface area is 113 Å². The first-order chi connectivity index (χ1) is 9.54. The van der Waals surface area contributed by atoms with Gasteiger partial charge in [0, 0.05) is 18.2 Å². The Balaban J connectivity index is 2.03. The van der Waals surface area contributed by atoms with Crippen LogP contribution >= 0.6 is 0 Å². The number of anilines is 1. The van der Waals surface area contributed by atoms with Gasteiger partial charge in [-0.05, 0) is 18.6 Å². The normalized spacial score (nSPS) is 10.7. The first kappa shape index (κ1) is 13.4. The quantitative estimate of drug-likeness (QED) is 0.499. The molecule has 2 N–H and O–H groups in total. The van der Waals surface area contributed by atoms with Crippen molar-refractivity contribution >= 4 is 23.6 Å². The highest BCUT2D eigenvalue weighted by atomic mass is 16.6. The monoisotopic (exact) mass is 273 g/mol. The fourth-order valence-corrected chi connectivity index (χ4v) is 1.46. The first-order valence-electron chi connectivity index (χ1n) is 5.67. The molecule has 1 aromatic carbocycles. The lowest BCUT2D eigenvalue weighted by Crippen LogP contribution is -2.09. The second-order valence-electron chi connectivity index (χ2n) is 3.92. The van der Waals surface area contributed by atoms with E-state index in [1.807, 2.05) is 0 Å². The molecular weight excluding hydrogens is 262 g/mol. The molecule has 1 aromatic heterocycles. The summed E-state index contributed by atoms with van der Waals surface area (Å²) < 4.78 is 0. The fourth-order valence-electron chi connectivity index (χ4n) is 1.46. The average molecular weight is 273 g/mol. The maximum atomic E-state index is 11.6. The Morgan fingerprint density at radius 1 is 1.50 bits per heavy atom. The number of H-pyrrole nitrogens is 1. The van der Waals surface area contributed by atoms with E-state index in [4.69, 9.17) is 0 Å². The number of non-ortho nitro benzene ring substituents is 1. The Hall–Kier alpha value is -3.03. The van der Waals surface area contributed by atoms with Crippen molar-refractivity contribution in [1.82, 2.24) is 15.2 Å². The molecule has 0 aliphatic rings. The predicted octanol–water partition coefficient (Wildman–Crippen LogP) is 1.67. The number of amides is 1. The van der Waals surface area contributed by atoms with Crippen LogP contribution in [0.5, 0.6) is 0 Å². The molecule has 0 saturated carbocycles. The van der Waals surface area contributed by atoms with E-state index in [1.165, 1.54) is 24.3 Å². The lowest BCUT2D eigenvalue weighted by atomic mass is 10.2. The van der Waals surface area contributed by atoms with Gasteiger partial charge in [-0.1, -0.05) is 12.1 Å². The van der Waals surface area contributed by atoms with Crippen molar-refractivity contribution in [2.45, 2.75) is 6.92 Å². The molecule has 0 fully saturated rings. The summed E-state index contributed by atoms with van der Waals surface area (Å²) in [6.07, 6.45) is 2.73. The van der Waals surface area contributed by atoms with E-state index >= 15 is 0 Å². The first-order valence-corrected chi connectivity index (χ1v) is 5.67. The number of rotatable bonds is 4. The maximum Gasteiger partial charge on any atom is 0.270 e. The highest BCUT2D eigenvalue weighted by molar-refractivity contribution is 6.00. The number of nitro benzene ring substituents is 1. The molecule has 0 spiro atoms. The minimum absolute atomic E-state index is 0.0304. The molecule has 0 radical (unpaired) electrons. The molecule has 0 saturated heterocycles. The lowest BCUT2D eigenvalue weighted by molar-refractivity contribution is -0.384. The zero-order valence-corrected chi connectivity index (χ0v) is 10.5. The zero-order valence-electron chi connectivity index (χ0n) is 10.5. The van der Waals surface area contributed by atoms with Gasteiger partial charge in [0.15, 0.2) is 0 Å². The molecule has 1 amide bonds. The van der Waals surface area contributed by atoms with Crippen LogP contribution in [0.4, 0.5) is 11.6 Å². The fraction of sp³-hybridized carbons (Fsp3) is 0.0833. The number of nitrogens with one attached hydrogen (secondary N) is 2. The molecule has 1 heterocycles. The maximum absolute atomic E-state index is 11.6. The van der Waals surface area contributed by atoms with Gasteiger partial charge in [-0.25, -0.2) is 0 Å². The third-order valence-corrected chi connectivity index (χ3v) is 2.34. The van der Waals surface area contributed by atoms with Crippen molar-refractivity contribution in [3.8, 4) is 0 Å². The van der Waals surface area contributed by atoms with Gasteiger partial charge in [-0.2, -0.15) is 4.98 Å². The summed E-state index contributed by atoms with van der Waals surface area (Å²) >= 11 is 0. The van der Waals surface area contributed by atoms with E-state index in [9.17, 15) is 14.9 Å². The predicted molar refractivity (Wildman–Crippen MR) is 71.9 cm³/mol. The third-order valence-electron chi connectivity index (χ3n) is 2.34. The Bertz CT molecular complexity index is 677. The molecule has 2 aromatic rings. The van der Waals surface area contributed by atoms with Crippen LogP contribution in [0.2, 0.25) is 0 Å². The number of nitrogens with zero attached hydrogens (tertiary/aromatic N) is 3. The molecule has 0 atom stereocenters. The van der Waals surface area contributed by atoms with Crippen LogP contribution in [0.25, 0.3) is 6.08 Å². The number of aryl methyl sites for hydroxylation is 1. The van der Waals surface area contributed by atoms with Gasteiger partial charge in [-0.3, -0.25) is 25.3 Å². The summed E-state index contributed by atoms with van der Waals surface area (Å²) in [6.45, 7) is 1.71. The van der Waals surface area contributed by atoms with E-state index in [2.05, 4.69) is 20.5 Å². The summed E-state index contributed by atoms with van der Waals surface area (Å²) in [5, 5.41) is 19.4. The smallest absolute Gasteiger partial charge is 0.270 e. The van der Waals surface area contributed by atoms with E-state index in [-0.39, 0.29) is 11.6 Å². The van der Waals surface area contributed by atoms with E-state index < -0.39 is 10.8 Å². The van der Waals surface area contributed by atoms with E-state index in [1.54, 1.807) is 19.1 Å². The third kappa shape index (κ3) is 3.48. The molecule has 0 unspecified atom stereocenters. The molecule has 8 nitrogen and oxygen atoms in total. The highest BCUT2D eigenvalue weighted by Gasteiger charge is 2.05. The van der Waals surface area contributed by atoms with E-state index in [0.29, 0.717) is 11.4 Å². The molecule has 8 heteroatoms. The minimum atomic E-state index is -0.492. The lowest BCUT2D eigenvalue weighted by Gasteiger charge is -1.95. The molecular formula is C12H11N5O3. The molecule has 0 bridgehead atoms. The number of aromatic nitrogens is 3. The minimum Gasteiger partial charge on any atom is -0.290 e. The van der Waals surface area contributed by atoms with Crippen LogP contribution in [0.15, 0.2) is 30.3 Å². The second kappa shape index (κ2) is 5.74. The summed E-state index contributed by atoms with van der Waals surface area (Å²) in [6, 6.07) is 5.97. The van der Waals surface area contributed by atoms with Crippen molar-refractivity contribution in [1.29, 1.82) is 0 Å². The van der Waals surface area contributed by atoms with Gasteiger partial charge in [0.2, 0.25) is 5.95 Å². The Morgan fingerprint density at radius 3 is 2.95 bits per heavy atom. The number of benzene rings is 1. The van der Waals surface area contributed by atoms with Gasteiger partial charge < -0.3 is 0 Å². The highest BCUT2D eigenvalue weighted by Crippen LogP contribution is 2.14. The van der Waals surface area contributed by atoms with Crippen molar-refractivity contribution in [3.63, 3.8) is 0 Å². The number of nitro groups is 1. The zero-order chi connectivity index (χ0) is 14.5. The van der Waals surface area contributed by atoms with Crippen LogP contribution in [0, 0.1) is 17.0 Å². The molecule has 2 rings (SSSR count). The van der Waals surface area contributed by atoms with Crippen LogP contribution in [0.1, 0.15) is 11.4 Å². The summed E-state index contributed by atoms with van der Waals surface area (Å²) in [5.41, 5.74) is 0.526. The van der Waals surface area contributed by atoms with Gasteiger partial charge in [0.05, 0.1) is 4.92 Å². The summed E-state index contributed by atoms with van der Waals surface area (Å²) in [5.74, 6) is 0.342. The summed E-state index contributed by atoms with van der Waals surface area (Å²) in [7, 11) is 0. The van der Waals surface area contributed by atoms with Crippen molar-refractivity contribution in [2.24, 2.45) is 0 Å². The van der Waals surface area contributed by atoms with Crippen LogP contribution in [-0.4, -0.2) is 26.0 Å². The largest absolute Gasteiger partial charge is 0.290 e. The molecule has 20 heavy (non-hydrogen) atoms. The van der Waals surface area contributed by atoms with Crippen molar-refractivity contribution < 1.29 is 9.72 Å². The van der Waals surface area contributed by atoms with Crippen LogP contribution in [0.3, 0.4) is 0 Å². The number of carbonyl (C=O) groups excluding carboxylic acids is 1. The number of hydrogen-bond acceptors (Lipinski definition) is 5. The SMILES string of the molecule is Cc1nc(NC(=O)/C=C\c2cccc([N+](=O)[O-])c2)n[nH]1. The van der Waals surface area contributed by atoms with Crippen LogP contribution < -0.4 is 5.32 Å². The Kier molecular flexibility index (Phi) is 3.85. The second-order valence-corrected chi connectivity index (χ2v) is 3.92. The number of aromatic amines is 1. The van der Waals surface area contributed by atoms with Gasteiger partial charge >= 0.3 is 0 Å². The molecule has 0 aliphatic carbocycles. The van der Waals surface area contributed by atoms with E-state index in [0.717, 1.165) is 0 Å². The van der Waals surface area contributed by atoms with Gasteiger partial charge in [0.25, 0.3) is 11.6 Å². The molecule has 102 valence electrons. The van der Waals surface area contributed by atoms with Gasteiger partial charge in [-0.15, -0.1) is 5.10 Å². The summed E-state index contributed by atoms with van der Waals surface area (Å²) in [4.78, 5) is 25.6. The number of carbonyl (C=O) groups is 1. The standard InChI is InChI=1S/C12H11N5O3/c1-8-13-12(16-15-8)14-11(18)6-5-9-3-2-4-10(7-9)17(19)20/h2-7H,1H3,(H2,13,14,15,16,18)/b6-5-. The van der Waals surface area contributed by atoms with Gasteiger partial charge in [0.1, 0.15) is 5.82 Å².